The molecule has 0 saturated carbocycles. The number of carbonyl (C=O) groups is 2. The zero-order valence-corrected chi connectivity index (χ0v) is 23.8. The van der Waals surface area contributed by atoms with E-state index in [1.54, 1.807) is 30.5 Å². The summed E-state index contributed by atoms with van der Waals surface area (Å²) in [4.78, 5) is 45.1. The van der Waals surface area contributed by atoms with E-state index in [9.17, 15) is 9.59 Å². The van der Waals surface area contributed by atoms with E-state index in [-0.39, 0.29) is 11.9 Å². The third-order valence-corrected chi connectivity index (χ3v) is 7.01. The van der Waals surface area contributed by atoms with Crippen molar-refractivity contribution < 1.29 is 14.3 Å². The lowest BCUT2D eigenvalue weighted by Crippen LogP contribution is -2.37. The molecule has 5 aromatic rings. The molecule has 0 atom stereocenters. The molecule has 0 aliphatic carbocycles. The number of rotatable bonds is 6. The summed E-state index contributed by atoms with van der Waals surface area (Å²) >= 11 is 0. The molecule has 6 rings (SSSR count). The van der Waals surface area contributed by atoms with E-state index < -0.39 is 0 Å². The van der Waals surface area contributed by atoms with Crippen LogP contribution in [0.2, 0.25) is 0 Å². The number of aromatic nitrogens is 4. The van der Waals surface area contributed by atoms with Gasteiger partial charge in [-0.1, -0.05) is 6.07 Å². The van der Waals surface area contributed by atoms with Crippen LogP contribution in [0.25, 0.3) is 33.5 Å². The third kappa shape index (κ3) is 6.41. The Bertz CT molecular complexity index is 1790. The molecular weight excluding hydrogens is 544 g/mol. The third-order valence-electron chi connectivity index (χ3n) is 7.01. The van der Waals surface area contributed by atoms with E-state index in [0.29, 0.717) is 49.2 Å². The first-order valence-corrected chi connectivity index (χ1v) is 13.9. The van der Waals surface area contributed by atoms with E-state index in [1.807, 2.05) is 55.6 Å². The second-order valence-electron chi connectivity index (χ2n) is 10.1. The predicted molar refractivity (Wildman–Crippen MR) is 167 cm³/mol. The summed E-state index contributed by atoms with van der Waals surface area (Å²) in [7, 11) is 0. The van der Waals surface area contributed by atoms with Gasteiger partial charge >= 0.3 is 6.03 Å². The first-order chi connectivity index (χ1) is 20.9. The number of nitrogens with one attached hydrogen (secondary N) is 3. The number of fused-ring (bicyclic) bond motifs is 1. The molecule has 0 unspecified atom stereocenters. The average molecular weight is 575 g/mol. The fraction of sp³-hybridized carbons (Fsp3) is 0.188. The standard InChI is InChI=1S/C32H30N8O3/c1-20-27(4-3-13-33-20)23-18-28-29(34-19-23)31(40-14-16-43-17-15-40)39-30(38-28)22-5-7-25(8-6-22)36-32(42)37-26-11-9-24(10-12-26)35-21(2)41/h3-13,18-19H,14-17H2,1-2H3,(H,35,41)(H2,36,37,42). The predicted octanol–water partition coefficient (Wildman–Crippen LogP) is 5.50. The van der Waals surface area contributed by atoms with Crippen LogP contribution in [0.15, 0.2) is 79.1 Å². The van der Waals surface area contributed by atoms with Crippen molar-refractivity contribution in [2.45, 2.75) is 13.8 Å². The Hall–Kier alpha value is -5.42. The fourth-order valence-corrected chi connectivity index (χ4v) is 4.90. The summed E-state index contributed by atoms with van der Waals surface area (Å²) in [6.07, 6.45) is 3.63. The van der Waals surface area contributed by atoms with Crippen molar-refractivity contribution in [1.29, 1.82) is 0 Å². The van der Waals surface area contributed by atoms with Crippen LogP contribution < -0.4 is 20.9 Å². The number of benzene rings is 2. The molecule has 0 spiro atoms. The number of ether oxygens (including phenoxy) is 1. The minimum atomic E-state index is -0.388. The van der Waals surface area contributed by atoms with E-state index in [0.717, 1.165) is 39.2 Å². The number of hydrogen-bond acceptors (Lipinski definition) is 8. The smallest absolute Gasteiger partial charge is 0.323 e. The molecule has 3 N–H and O–H groups in total. The second-order valence-corrected chi connectivity index (χ2v) is 10.1. The minimum absolute atomic E-state index is 0.158. The molecule has 216 valence electrons. The number of aryl methyl sites for hydroxylation is 1. The Morgan fingerprint density at radius 1 is 0.814 bits per heavy atom. The largest absolute Gasteiger partial charge is 0.378 e. The average Bonchev–Trinajstić information content (AvgIpc) is 3.02. The topological polar surface area (TPSA) is 134 Å². The quantitative estimate of drug-likeness (QED) is 0.242. The lowest BCUT2D eigenvalue weighted by molar-refractivity contribution is -0.114. The van der Waals surface area contributed by atoms with Crippen LogP contribution >= 0.6 is 0 Å². The van der Waals surface area contributed by atoms with Gasteiger partial charge in [0.1, 0.15) is 5.52 Å². The number of carbonyl (C=O) groups excluding carboxylic acids is 2. The lowest BCUT2D eigenvalue weighted by atomic mass is 10.1. The Morgan fingerprint density at radius 3 is 2.12 bits per heavy atom. The van der Waals surface area contributed by atoms with E-state index in [4.69, 9.17) is 19.7 Å². The van der Waals surface area contributed by atoms with Crippen LogP contribution in [0.1, 0.15) is 12.6 Å². The minimum Gasteiger partial charge on any atom is -0.378 e. The van der Waals surface area contributed by atoms with Gasteiger partial charge in [0.25, 0.3) is 0 Å². The van der Waals surface area contributed by atoms with E-state index in [1.165, 1.54) is 6.92 Å². The van der Waals surface area contributed by atoms with Crippen LogP contribution in [-0.4, -0.2) is 58.2 Å². The molecule has 1 fully saturated rings. The van der Waals surface area contributed by atoms with Gasteiger partial charge in [-0.25, -0.2) is 14.8 Å². The molecule has 11 heteroatoms. The zero-order valence-electron chi connectivity index (χ0n) is 23.8. The first kappa shape index (κ1) is 27.7. The van der Waals surface area contributed by atoms with Crippen molar-refractivity contribution in [2.24, 2.45) is 0 Å². The molecule has 3 aromatic heterocycles. The van der Waals surface area contributed by atoms with Crippen molar-refractivity contribution in [3.8, 4) is 22.5 Å². The van der Waals surface area contributed by atoms with Gasteiger partial charge in [-0.05, 0) is 67.6 Å². The van der Waals surface area contributed by atoms with Crippen LogP contribution in [0, 0.1) is 6.92 Å². The first-order valence-electron chi connectivity index (χ1n) is 13.9. The molecule has 0 radical (unpaired) electrons. The fourth-order valence-electron chi connectivity index (χ4n) is 4.90. The monoisotopic (exact) mass is 574 g/mol. The number of pyridine rings is 2. The van der Waals surface area contributed by atoms with Crippen molar-refractivity contribution in [2.75, 3.05) is 47.2 Å². The normalized spacial score (nSPS) is 13.0. The SMILES string of the molecule is CC(=O)Nc1ccc(NC(=O)Nc2ccc(-c3nc(N4CCOCC4)c4ncc(-c5cccnc5C)cc4n3)cc2)cc1. The van der Waals surface area contributed by atoms with Gasteiger partial charge in [0.2, 0.25) is 5.91 Å². The number of hydrogen-bond donors (Lipinski definition) is 3. The highest BCUT2D eigenvalue weighted by atomic mass is 16.5. The molecule has 1 saturated heterocycles. The summed E-state index contributed by atoms with van der Waals surface area (Å²) in [5.41, 5.74) is 6.99. The number of anilines is 4. The van der Waals surface area contributed by atoms with Gasteiger partial charge in [-0.15, -0.1) is 0 Å². The van der Waals surface area contributed by atoms with Crippen molar-refractivity contribution in [3.63, 3.8) is 0 Å². The Balaban J connectivity index is 1.25. The molecule has 43 heavy (non-hydrogen) atoms. The van der Waals surface area contributed by atoms with Gasteiger partial charge in [0, 0.05) is 71.9 Å². The molecule has 1 aliphatic rings. The molecule has 1 aliphatic heterocycles. The van der Waals surface area contributed by atoms with E-state index in [2.05, 4.69) is 25.8 Å². The highest BCUT2D eigenvalue weighted by molar-refractivity contribution is 6.00. The van der Waals surface area contributed by atoms with Crippen molar-refractivity contribution in [1.82, 2.24) is 19.9 Å². The number of morpholine rings is 1. The molecule has 4 heterocycles. The molecular formula is C32H30N8O3. The van der Waals surface area contributed by atoms with Gasteiger partial charge in [0.05, 0.1) is 18.7 Å². The van der Waals surface area contributed by atoms with Gasteiger partial charge in [0.15, 0.2) is 11.6 Å². The maximum Gasteiger partial charge on any atom is 0.323 e. The van der Waals surface area contributed by atoms with E-state index >= 15 is 0 Å². The summed E-state index contributed by atoms with van der Waals surface area (Å²) in [5, 5.41) is 8.33. The number of urea groups is 1. The summed E-state index contributed by atoms with van der Waals surface area (Å²) in [5.74, 6) is 1.17. The summed E-state index contributed by atoms with van der Waals surface area (Å²) < 4.78 is 5.57. The van der Waals surface area contributed by atoms with Crippen molar-refractivity contribution in [3.05, 3.63) is 84.8 Å². The molecule has 2 aromatic carbocycles. The molecule has 3 amide bonds. The van der Waals surface area contributed by atoms with Gasteiger partial charge in [-0.3, -0.25) is 14.8 Å². The number of nitrogens with zero attached hydrogens (tertiary/aromatic N) is 5. The lowest BCUT2D eigenvalue weighted by Gasteiger charge is -2.28. The molecule has 11 nitrogen and oxygen atoms in total. The molecule has 0 bridgehead atoms. The Morgan fingerprint density at radius 2 is 1.47 bits per heavy atom. The maximum atomic E-state index is 12.6. The Labute approximate surface area is 248 Å². The van der Waals surface area contributed by atoms with Crippen LogP contribution in [-0.2, 0) is 9.53 Å². The second kappa shape index (κ2) is 12.2. The van der Waals surface area contributed by atoms with Crippen LogP contribution in [0.4, 0.5) is 27.7 Å². The van der Waals surface area contributed by atoms with Crippen LogP contribution in [0.5, 0.6) is 0 Å². The van der Waals surface area contributed by atoms with Gasteiger partial charge < -0.3 is 25.6 Å². The highest BCUT2D eigenvalue weighted by Gasteiger charge is 2.20. The summed E-state index contributed by atoms with van der Waals surface area (Å²) in [6.45, 7) is 6.09. The zero-order chi connectivity index (χ0) is 29.8. The van der Waals surface area contributed by atoms with Gasteiger partial charge in [-0.2, -0.15) is 0 Å². The maximum absolute atomic E-state index is 12.6. The Kier molecular flexibility index (Phi) is 7.88. The summed E-state index contributed by atoms with van der Waals surface area (Å²) in [6, 6.07) is 19.8. The van der Waals surface area contributed by atoms with Crippen molar-refractivity contribution >= 4 is 45.9 Å². The highest BCUT2D eigenvalue weighted by Crippen LogP contribution is 2.31. The number of amides is 3. The van der Waals surface area contributed by atoms with Crippen LogP contribution in [0.3, 0.4) is 0 Å².